The van der Waals surface area contributed by atoms with Crippen LogP contribution in [-0.2, 0) is 14.3 Å². The van der Waals surface area contributed by atoms with Gasteiger partial charge in [0.05, 0.1) is 12.5 Å². The summed E-state index contributed by atoms with van der Waals surface area (Å²) in [7, 11) is 1.57. The predicted octanol–water partition coefficient (Wildman–Crippen LogP) is 2.31. The summed E-state index contributed by atoms with van der Waals surface area (Å²) >= 11 is 0. The minimum atomic E-state index is -0.922. The Labute approximate surface area is 145 Å². The van der Waals surface area contributed by atoms with Gasteiger partial charge in [-0.25, -0.2) is 0 Å². The Morgan fingerprint density at radius 3 is 2.72 bits per heavy atom. The molecule has 1 N–H and O–H groups in total. The quantitative estimate of drug-likeness (QED) is 0.871. The molecule has 0 bridgehead atoms. The maximum absolute atomic E-state index is 12.6. The van der Waals surface area contributed by atoms with Crippen LogP contribution in [0.5, 0.6) is 5.75 Å². The van der Waals surface area contributed by atoms with Gasteiger partial charge in [0.25, 0.3) is 5.91 Å². The third-order valence-corrected chi connectivity index (χ3v) is 4.54. The molecular weight excluding hydrogens is 322 g/mol. The van der Waals surface area contributed by atoms with Gasteiger partial charge in [-0.2, -0.15) is 0 Å². The summed E-state index contributed by atoms with van der Waals surface area (Å²) in [5, 5.41) is 11.0. The number of methoxy groups -OCH3 is 1. The summed E-state index contributed by atoms with van der Waals surface area (Å²) in [6, 6.07) is 13.1. The molecule has 0 spiro atoms. The Morgan fingerprint density at radius 1 is 1.20 bits per heavy atom. The van der Waals surface area contributed by atoms with Crippen molar-refractivity contribution in [3.05, 3.63) is 42.5 Å². The van der Waals surface area contributed by atoms with Gasteiger partial charge in [-0.1, -0.05) is 36.4 Å². The van der Waals surface area contributed by atoms with Crippen molar-refractivity contribution in [2.45, 2.75) is 25.0 Å². The Balaban J connectivity index is 1.69. The molecule has 0 aliphatic carbocycles. The molecule has 0 radical (unpaired) electrons. The predicted molar refractivity (Wildman–Crippen MR) is 92.6 cm³/mol. The lowest BCUT2D eigenvalue weighted by Crippen LogP contribution is -2.40. The zero-order valence-electron chi connectivity index (χ0n) is 14.1. The highest BCUT2D eigenvalue weighted by Crippen LogP contribution is 2.26. The second-order valence-electron chi connectivity index (χ2n) is 6.16. The molecule has 2 aromatic carbocycles. The molecule has 2 unspecified atom stereocenters. The van der Waals surface area contributed by atoms with Crippen LogP contribution in [0.1, 0.15) is 12.8 Å². The molecule has 1 amide bonds. The largest absolute Gasteiger partial charge is 0.483 e. The number of benzene rings is 2. The Morgan fingerprint density at radius 2 is 1.96 bits per heavy atom. The number of nitrogens with zero attached hydrogens (tertiary/aromatic N) is 1. The monoisotopic (exact) mass is 343 g/mol. The molecule has 0 saturated carbocycles. The summed E-state index contributed by atoms with van der Waals surface area (Å²) in [4.78, 5) is 25.2. The maximum atomic E-state index is 12.6. The Bertz CT molecular complexity index is 770. The van der Waals surface area contributed by atoms with E-state index in [1.807, 2.05) is 42.5 Å². The van der Waals surface area contributed by atoms with E-state index in [0.717, 1.165) is 10.8 Å². The molecule has 1 heterocycles. The lowest BCUT2D eigenvalue weighted by molar-refractivity contribution is -0.140. The second kappa shape index (κ2) is 7.53. The van der Waals surface area contributed by atoms with Gasteiger partial charge in [0, 0.05) is 25.1 Å². The number of carboxylic acid groups (broad SMARTS) is 1. The average molecular weight is 343 g/mol. The molecule has 1 aliphatic heterocycles. The van der Waals surface area contributed by atoms with Crippen LogP contribution >= 0.6 is 0 Å². The highest BCUT2D eigenvalue weighted by molar-refractivity contribution is 5.88. The van der Waals surface area contributed by atoms with Crippen LogP contribution in [0.15, 0.2) is 42.5 Å². The highest BCUT2D eigenvalue weighted by atomic mass is 16.5. The van der Waals surface area contributed by atoms with Gasteiger partial charge in [0.15, 0.2) is 6.61 Å². The molecule has 6 nitrogen and oxygen atoms in total. The number of ether oxygens (including phenoxy) is 2. The van der Waals surface area contributed by atoms with Crippen LogP contribution in [0.25, 0.3) is 10.8 Å². The third kappa shape index (κ3) is 3.91. The Hall–Kier alpha value is -2.60. The molecule has 25 heavy (non-hydrogen) atoms. The van der Waals surface area contributed by atoms with Crippen molar-refractivity contribution >= 4 is 22.6 Å². The van der Waals surface area contributed by atoms with E-state index in [4.69, 9.17) is 14.6 Å². The van der Waals surface area contributed by atoms with Gasteiger partial charge in [0.2, 0.25) is 0 Å². The fraction of sp³-hybridized carbons (Fsp3) is 0.368. The molecule has 1 fully saturated rings. The molecule has 1 aliphatic rings. The van der Waals surface area contributed by atoms with E-state index >= 15 is 0 Å². The first-order valence-electron chi connectivity index (χ1n) is 8.23. The van der Waals surface area contributed by atoms with Crippen LogP contribution < -0.4 is 4.74 Å². The molecule has 2 atom stereocenters. The first-order chi connectivity index (χ1) is 12.1. The smallest absolute Gasteiger partial charge is 0.305 e. The summed E-state index contributed by atoms with van der Waals surface area (Å²) in [6.45, 7) is 0.271. The number of carbonyl (C=O) groups is 2. The van der Waals surface area contributed by atoms with E-state index in [2.05, 4.69) is 0 Å². The minimum absolute atomic E-state index is 0.0835. The topological polar surface area (TPSA) is 76.1 Å². The van der Waals surface area contributed by atoms with Crippen molar-refractivity contribution in [3.63, 3.8) is 0 Å². The second-order valence-corrected chi connectivity index (χ2v) is 6.16. The summed E-state index contributed by atoms with van der Waals surface area (Å²) in [5.74, 6) is -0.503. The summed E-state index contributed by atoms with van der Waals surface area (Å²) in [6.07, 6.45) is 0.314. The van der Waals surface area contributed by atoms with Crippen LogP contribution in [0.2, 0.25) is 0 Å². The maximum Gasteiger partial charge on any atom is 0.305 e. The number of fused-ring (bicyclic) bond motifs is 1. The van der Waals surface area contributed by atoms with Crippen LogP contribution in [0.3, 0.4) is 0 Å². The molecule has 132 valence electrons. The summed E-state index contributed by atoms with van der Waals surface area (Å²) in [5.41, 5.74) is 0. The van der Waals surface area contributed by atoms with Gasteiger partial charge in [-0.05, 0) is 17.9 Å². The van der Waals surface area contributed by atoms with Crippen LogP contribution in [0.4, 0.5) is 0 Å². The van der Waals surface area contributed by atoms with Gasteiger partial charge in [0.1, 0.15) is 5.75 Å². The zero-order valence-corrected chi connectivity index (χ0v) is 14.1. The highest BCUT2D eigenvalue weighted by Gasteiger charge is 2.36. The van der Waals surface area contributed by atoms with E-state index in [0.29, 0.717) is 18.7 Å². The van der Waals surface area contributed by atoms with E-state index in [9.17, 15) is 9.59 Å². The van der Waals surface area contributed by atoms with Crippen molar-refractivity contribution in [2.24, 2.45) is 0 Å². The van der Waals surface area contributed by atoms with Gasteiger partial charge >= 0.3 is 5.97 Å². The van der Waals surface area contributed by atoms with Gasteiger partial charge < -0.3 is 19.5 Å². The van der Waals surface area contributed by atoms with Crippen molar-refractivity contribution in [1.82, 2.24) is 4.90 Å². The fourth-order valence-electron chi connectivity index (χ4n) is 3.29. The number of aliphatic carboxylic acids is 1. The van der Waals surface area contributed by atoms with Gasteiger partial charge in [-0.3, -0.25) is 9.59 Å². The standard InChI is InChI=1S/C19H21NO5/c1-24-15-9-14(10-19(22)23)20(11-15)18(21)12-25-17-8-4-6-13-5-2-3-7-16(13)17/h2-8,14-15H,9-12H2,1H3,(H,22,23). The van der Waals surface area contributed by atoms with E-state index in [-0.39, 0.29) is 31.1 Å². The molecule has 2 aromatic rings. The van der Waals surface area contributed by atoms with Crippen molar-refractivity contribution < 1.29 is 24.2 Å². The van der Waals surface area contributed by atoms with Crippen molar-refractivity contribution in [3.8, 4) is 5.75 Å². The van der Waals surface area contributed by atoms with Crippen molar-refractivity contribution in [1.29, 1.82) is 0 Å². The Kier molecular flexibility index (Phi) is 5.19. The van der Waals surface area contributed by atoms with Crippen molar-refractivity contribution in [2.75, 3.05) is 20.3 Å². The SMILES string of the molecule is COC1CC(CC(=O)O)N(C(=O)COc2cccc3ccccc23)C1. The average Bonchev–Trinajstić information content (AvgIpc) is 3.02. The zero-order chi connectivity index (χ0) is 17.8. The minimum Gasteiger partial charge on any atom is -0.483 e. The van der Waals surface area contributed by atoms with E-state index in [1.54, 1.807) is 12.0 Å². The fourth-order valence-corrected chi connectivity index (χ4v) is 3.29. The number of hydrogen-bond acceptors (Lipinski definition) is 4. The molecule has 3 rings (SSSR count). The molecule has 1 saturated heterocycles. The lowest BCUT2D eigenvalue weighted by Gasteiger charge is -2.23. The lowest BCUT2D eigenvalue weighted by atomic mass is 10.1. The molecule has 6 heteroatoms. The third-order valence-electron chi connectivity index (χ3n) is 4.54. The number of amides is 1. The van der Waals surface area contributed by atoms with E-state index in [1.165, 1.54) is 0 Å². The van der Waals surface area contributed by atoms with Crippen LogP contribution in [-0.4, -0.2) is 54.3 Å². The van der Waals surface area contributed by atoms with Gasteiger partial charge in [-0.15, -0.1) is 0 Å². The number of carboxylic acids is 1. The van der Waals surface area contributed by atoms with Crippen LogP contribution in [0, 0.1) is 0 Å². The first kappa shape index (κ1) is 17.2. The summed E-state index contributed by atoms with van der Waals surface area (Å²) < 4.78 is 11.0. The molecular formula is C19H21NO5. The number of rotatable bonds is 6. The number of likely N-dealkylation sites (tertiary alicyclic amines) is 1. The normalized spacial score (nSPS) is 20.0. The number of carbonyl (C=O) groups excluding carboxylic acids is 1. The first-order valence-corrected chi connectivity index (χ1v) is 8.23. The number of hydrogen-bond donors (Lipinski definition) is 1. The van der Waals surface area contributed by atoms with E-state index < -0.39 is 5.97 Å². The molecule has 0 aromatic heterocycles.